The zero-order valence-corrected chi connectivity index (χ0v) is 11.1. The summed E-state index contributed by atoms with van der Waals surface area (Å²) in [4.78, 5) is 14.0. The van der Waals surface area contributed by atoms with E-state index in [1.807, 2.05) is 18.2 Å². The molecule has 3 heteroatoms. The molecule has 101 valence electrons. The molecule has 1 aliphatic carbocycles. The largest absolute Gasteiger partial charge is 0.481 e. The van der Waals surface area contributed by atoms with Crippen LogP contribution in [-0.2, 0) is 11.3 Å². The SMILES string of the molecule is O=C(O)C12C[CH]CC(CN(Cc3ccccc3)C1)C2. The van der Waals surface area contributed by atoms with E-state index >= 15 is 0 Å². The van der Waals surface area contributed by atoms with Crippen molar-refractivity contribution >= 4 is 5.97 Å². The summed E-state index contributed by atoms with van der Waals surface area (Å²) in [5.74, 6) is -0.103. The number of piperidine rings is 1. The Balaban J connectivity index is 1.75. The summed E-state index contributed by atoms with van der Waals surface area (Å²) in [6.45, 7) is 2.58. The fourth-order valence-corrected chi connectivity index (χ4v) is 3.64. The molecule has 1 saturated heterocycles. The molecule has 1 saturated carbocycles. The molecular weight excluding hydrogens is 238 g/mol. The van der Waals surface area contributed by atoms with Gasteiger partial charge in [0.1, 0.15) is 0 Å². The van der Waals surface area contributed by atoms with Crippen LogP contribution in [0.3, 0.4) is 0 Å². The first kappa shape index (κ1) is 12.7. The van der Waals surface area contributed by atoms with Crippen LogP contribution in [0.4, 0.5) is 0 Å². The smallest absolute Gasteiger partial charge is 0.310 e. The minimum atomic E-state index is -0.619. The highest BCUT2D eigenvalue weighted by Gasteiger charge is 2.47. The summed E-state index contributed by atoms with van der Waals surface area (Å²) < 4.78 is 0. The van der Waals surface area contributed by atoms with Crippen LogP contribution in [0, 0.1) is 17.8 Å². The van der Waals surface area contributed by atoms with E-state index in [2.05, 4.69) is 23.5 Å². The second-order valence-electron chi connectivity index (χ2n) is 6.04. The van der Waals surface area contributed by atoms with Crippen LogP contribution in [0.5, 0.6) is 0 Å². The van der Waals surface area contributed by atoms with Gasteiger partial charge in [-0.15, -0.1) is 0 Å². The van der Waals surface area contributed by atoms with Crippen LogP contribution >= 0.6 is 0 Å². The molecule has 2 bridgehead atoms. The predicted molar refractivity (Wildman–Crippen MR) is 73.4 cm³/mol. The number of carbonyl (C=O) groups is 1. The monoisotopic (exact) mass is 258 g/mol. The molecular formula is C16H20NO2. The second kappa shape index (κ2) is 4.97. The minimum Gasteiger partial charge on any atom is -0.481 e. The lowest BCUT2D eigenvalue weighted by atomic mass is 9.66. The Morgan fingerprint density at radius 3 is 2.89 bits per heavy atom. The van der Waals surface area contributed by atoms with Gasteiger partial charge in [-0.25, -0.2) is 0 Å². The van der Waals surface area contributed by atoms with E-state index < -0.39 is 11.4 Å². The normalized spacial score (nSPS) is 31.1. The standard InChI is InChI=1S/C16H20NO2/c18-15(19)16-8-4-7-14(9-16)11-17(12-16)10-13-5-2-1-3-6-13/h1-6,14H,7-12H2,(H,18,19). The summed E-state index contributed by atoms with van der Waals surface area (Å²) in [7, 11) is 0. The minimum absolute atomic E-state index is 0.516. The lowest BCUT2D eigenvalue weighted by Crippen LogP contribution is -2.53. The molecule has 2 fully saturated rings. The van der Waals surface area contributed by atoms with E-state index in [-0.39, 0.29) is 0 Å². The van der Waals surface area contributed by atoms with Gasteiger partial charge >= 0.3 is 5.97 Å². The van der Waals surface area contributed by atoms with E-state index in [1.54, 1.807) is 0 Å². The molecule has 1 aromatic carbocycles. The van der Waals surface area contributed by atoms with E-state index in [1.165, 1.54) is 5.56 Å². The van der Waals surface area contributed by atoms with Crippen molar-refractivity contribution in [2.45, 2.75) is 25.8 Å². The number of fused-ring (bicyclic) bond motifs is 2. The van der Waals surface area contributed by atoms with E-state index in [4.69, 9.17) is 0 Å². The number of likely N-dealkylation sites (tertiary alicyclic amines) is 1. The molecule has 3 nitrogen and oxygen atoms in total. The maximum Gasteiger partial charge on any atom is 0.310 e. The highest BCUT2D eigenvalue weighted by Crippen LogP contribution is 2.44. The molecule has 2 aliphatic rings. The van der Waals surface area contributed by atoms with E-state index in [0.717, 1.165) is 32.4 Å². The van der Waals surface area contributed by atoms with E-state index in [0.29, 0.717) is 12.5 Å². The van der Waals surface area contributed by atoms with Gasteiger partial charge in [0.15, 0.2) is 0 Å². The average molecular weight is 258 g/mol. The number of aliphatic carboxylic acids is 1. The van der Waals surface area contributed by atoms with Crippen LogP contribution in [0.2, 0.25) is 0 Å². The van der Waals surface area contributed by atoms with Crippen molar-refractivity contribution in [3.05, 3.63) is 42.3 Å². The Labute approximate surface area is 114 Å². The van der Waals surface area contributed by atoms with Gasteiger partial charge in [0.25, 0.3) is 0 Å². The lowest BCUT2D eigenvalue weighted by Gasteiger charge is -2.47. The Morgan fingerprint density at radius 1 is 1.37 bits per heavy atom. The molecule has 2 atom stereocenters. The number of rotatable bonds is 3. The summed E-state index contributed by atoms with van der Waals surface area (Å²) in [5.41, 5.74) is 0.739. The molecule has 1 aliphatic heterocycles. The number of carboxylic acids is 1. The topological polar surface area (TPSA) is 40.5 Å². The van der Waals surface area contributed by atoms with Gasteiger partial charge in [0.2, 0.25) is 0 Å². The van der Waals surface area contributed by atoms with Gasteiger partial charge in [-0.1, -0.05) is 30.3 Å². The summed E-state index contributed by atoms with van der Waals surface area (Å²) in [6.07, 6.45) is 4.83. The number of nitrogens with zero attached hydrogens (tertiary/aromatic N) is 1. The molecule has 0 aromatic heterocycles. The second-order valence-corrected chi connectivity index (χ2v) is 6.04. The molecule has 1 radical (unpaired) electrons. The number of benzene rings is 1. The van der Waals surface area contributed by atoms with Gasteiger partial charge in [0, 0.05) is 19.6 Å². The maximum atomic E-state index is 11.6. The Kier molecular flexibility index (Phi) is 3.31. The van der Waals surface area contributed by atoms with Crippen molar-refractivity contribution in [1.29, 1.82) is 0 Å². The molecule has 3 rings (SSSR count). The third kappa shape index (κ3) is 2.52. The van der Waals surface area contributed by atoms with Crippen LogP contribution in [0.15, 0.2) is 30.3 Å². The Morgan fingerprint density at radius 2 is 2.16 bits per heavy atom. The Bertz CT molecular complexity index is 459. The van der Waals surface area contributed by atoms with Gasteiger partial charge in [-0.2, -0.15) is 0 Å². The lowest BCUT2D eigenvalue weighted by molar-refractivity contribution is -0.156. The van der Waals surface area contributed by atoms with Crippen molar-refractivity contribution in [3.63, 3.8) is 0 Å². The van der Waals surface area contributed by atoms with Crippen LogP contribution in [-0.4, -0.2) is 29.1 Å². The Hall–Kier alpha value is -1.35. The summed E-state index contributed by atoms with van der Waals surface area (Å²) >= 11 is 0. The highest BCUT2D eigenvalue weighted by molar-refractivity contribution is 5.75. The highest BCUT2D eigenvalue weighted by atomic mass is 16.4. The van der Waals surface area contributed by atoms with Crippen molar-refractivity contribution in [1.82, 2.24) is 4.90 Å². The zero-order chi connectivity index (χ0) is 13.3. The number of hydrogen-bond acceptors (Lipinski definition) is 2. The van der Waals surface area contributed by atoms with Gasteiger partial charge < -0.3 is 5.11 Å². The first-order chi connectivity index (χ1) is 9.18. The predicted octanol–water partition coefficient (Wildman–Crippen LogP) is 2.58. The summed E-state index contributed by atoms with van der Waals surface area (Å²) in [6, 6.07) is 10.3. The molecule has 1 heterocycles. The first-order valence-electron chi connectivity index (χ1n) is 6.99. The fourth-order valence-electron chi connectivity index (χ4n) is 3.64. The quantitative estimate of drug-likeness (QED) is 0.906. The molecule has 0 amide bonds. The molecule has 2 unspecified atom stereocenters. The number of carboxylic acid groups (broad SMARTS) is 1. The zero-order valence-electron chi connectivity index (χ0n) is 11.1. The van der Waals surface area contributed by atoms with Gasteiger partial charge in [-0.05, 0) is 37.2 Å². The van der Waals surface area contributed by atoms with Gasteiger partial charge in [0.05, 0.1) is 5.41 Å². The van der Waals surface area contributed by atoms with Gasteiger partial charge in [-0.3, -0.25) is 9.69 Å². The van der Waals surface area contributed by atoms with Crippen LogP contribution < -0.4 is 0 Å². The van der Waals surface area contributed by atoms with Crippen LogP contribution in [0.1, 0.15) is 24.8 Å². The van der Waals surface area contributed by atoms with Crippen LogP contribution in [0.25, 0.3) is 0 Å². The van der Waals surface area contributed by atoms with Crippen molar-refractivity contribution in [3.8, 4) is 0 Å². The summed E-state index contributed by atoms with van der Waals surface area (Å²) in [5, 5.41) is 9.58. The van der Waals surface area contributed by atoms with Crippen molar-refractivity contribution < 1.29 is 9.90 Å². The fraction of sp³-hybridized carbons (Fsp3) is 0.500. The molecule has 1 N–H and O–H groups in total. The molecule has 1 aromatic rings. The van der Waals surface area contributed by atoms with Crippen molar-refractivity contribution in [2.75, 3.05) is 13.1 Å². The molecule has 19 heavy (non-hydrogen) atoms. The average Bonchev–Trinajstić information content (AvgIpc) is 2.39. The number of hydrogen-bond donors (Lipinski definition) is 1. The van der Waals surface area contributed by atoms with E-state index in [9.17, 15) is 9.90 Å². The third-order valence-electron chi connectivity index (χ3n) is 4.46. The van der Waals surface area contributed by atoms with Crippen molar-refractivity contribution in [2.24, 2.45) is 11.3 Å². The molecule has 0 spiro atoms. The third-order valence-corrected chi connectivity index (χ3v) is 4.46. The maximum absolute atomic E-state index is 11.6. The first-order valence-corrected chi connectivity index (χ1v) is 6.99.